The van der Waals surface area contributed by atoms with Gasteiger partial charge in [0.05, 0.1) is 0 Å². The molecular weight excluding hydrogens is 218 g/mol. The van der Waals surface area contributed by atoms with Crippen LogP contribution in [-0.2, 0) is 4.79 Å². The van der Waals surface area contributed by atoms with Gasteiger partial charge >= 0.3 is 0 Å². The summed E-state index contributed by atoms with van der Waals surface area (Å²) in [5.41, 5.74) is 5.62. The van der Waals surface area contributed by atoms with Gasteiger partial charge in [-0.15, -0.1) is 0 Å². The smallest absolute Gasteiger partial charge is 0.220 e. The molecule has 92 valence electrons. The van der Waals surface area contributed by atoms with Crippen LogP contribution in [0.15, 0.2) is 12.4 Å². The second kappa shape index (κ2) is 5.47. The number of hydrogen-bond donors (Lipinski definition) is 3. The zero-order valence-corrected chi connectivity index (χ0v) is 9.65. The number of carbonyl (C=O) groups excluding carboxylic acids is 1. The first-order chi connectivity index (χ1) is 8.25. The molecule has 1 aliphatic carbocycles. The van der Waals surface area contributed by atoms with Gasteiger partial charge in [0, 0.05) is 31.4 Å². The molecule has 4 N–H and O–H groups in total. The Morgan fingerprint density at radius 1 is 1.41 bits per heavy atom. The molecule has 0 bridgehead atoms. The lowest BCUT2D eigenvalue weighted by Crippen LogP contribution is -2.25. The van der Waals surface area contributed by atoms with E-state index in [1.807, 2.05) is 0 Å². The number of amides is 1. The molecule has 0 atom stereocenters. The van der Waals surface area contributed by atoms with E-state index in [1.54, 1.807) is 12.4 Å². The first-order valence-corrected chi connectivity index (χ1v) is 5.85. The van der Waals surface area contributed by atoms with E-state index in [-0.39, 0.29) is 5.91 Å². The van der Waals surface area contributed by atoms with E-state index in [9.17, 15) is 4.79 Å². The first kappa shape index (κ1) is 11.6. The van der Waals surface area contributed by atoms with Crippen LogP contribution in [0.25, 0.3) is 0 Å². The molecule has 0 radical (unpaired) electrons. The van der Waals surface area contributed by atoms with E-state index in [0.29, 0.717) is 30.6 Å². The van der Waals surface area contributed by atoms with Crippen molar-refractivity contribution in [2.45, 2.75) is 31.7 Å². The van der Waals surface area contributed by atoms with Crippen LogP contribution in [-0.4, -0.2) is 28.5 Å². The van der Waals surface area contributed by atoms with Gasteiger partial charge in [0.15, 0.2) is 11.6 Å². The largest absolute Gasteiger partial charge is 0.381 e. The maximum absolute atomic E-state index is 11.4. The Morgan fingerprint density at radius 3 is 2.88 bits per heavy atom. The van der Waals surface area contributed by atoms with Gasteiger partial charge < -0.3 is 16.4 Å². The third-order valence-corrected chi connectivity index (χ3v) is 2.54. The number of nitrogens with two attached hydrogens (primary N) is 1. The minimum atomic E-state index is 0.126. The molecule has 2 rings (SSSR count). The van der Waals surface area contributed by atoms with Crippen LogP contribution in [0.2, 0.25) is 0 Å². The van der Waals surface area contributed by atoms with Crippen LogP contribution in [0.5, 0.6) is 0 Å². The topological polar surface area (TPSA) is 92.9 Å². The van der Waals surface area contributed by atoms with E-state index in [2.05, 4.69) is 20.6 Å². The fourth-order valence-corrected chi connectivity index (χ4v) is 1.47. The van der Waals surface area contributed by atoms with Crippen LogP contribution in [0, 0.1) is 0 Å². The molecule has 1 saturated carbocycles. The molecule has 1 heterocycles. The van der Waals surface area contributed by atoms with E-state index in [4.69, 9.17) is 5.73 Å². The maximum atomic E-state index is 11.4. The van der Waals surface area contributed by atoms with Gasteiger partial charge in [-0.25, -0.2) is 9.97 Å². The van der Waals surface area contributed by atoms with Crippen LogP contribution < -0.4 is 16.4 Å². The van der Waals surface area contributed by atoms with Gasteiger partial charge in [-0.2, -0.15) is 0 Å². The number of aromatic nitrogens is 2. The van der Waals surface area contributed by atoms with E-state index in [1.165, 1.54) is 0 Å². The zero-order chi connectivity index (χ0) is 12.1. The molecule has 1 amide bonds. The van der Waals surface area contributed by atoms with Gasteiger partial charge in [0.2, 0.25) is 5.91 Å². The number of carbonyl (C=O) groups is 1. The Hall–Kier alpha value is -1.85. The van der Waals surface area contributed by atoms with Crippen molar-refractivity contribution in [2.24, 2.45) is 0 Å². The molecule has 6 nitrogen and oxygen atoms in total. The summed E-state index contributed by atoms with van der Waals surface area (Å²) in [6, 6.07) is 0.436. The van der Waals surface area contributed by atoms with Gasteiger partial charge in [0.25, 0.3) is 0 Å². The fourth-order valence-electron chi connectivity index (χ4n) is 1.47. The Bertz CT molecular complexity index is 391. The molecule has 1 aromatic heterocycles. The molecule has 0 unspecified atom stereocenters. The average Bonchev–Trinajstić information content (AvgIpc) is 3.10. The molecule has 0 aromatic carbocycles. The van der Waals surface area contributed by atoms with Crippen LogP contribution >= 0.6 is 0 Å². The predicted octanol–water partition coefficient (Wildman–Crippen LogP) is 0.529. The summed E-state index contributed by atoms with van der Waals surface area (Å²) in [6.07, 6.45) is 6.67. The van der Waals surface area contributed by atoms with Gasteiger partial charge in [-0.05, 0) is 19.3 Å². The number of nitrogens with one attached hydrogen (secondary N) is 2. The number of nitrogens with zero attached hydrogens (tertiary/aromatic N) is 2. The van der Waals surface area contributed by atoms with Crippen molar-refractivity contribution < 1.29 is 4.79 Å². The monoisotopic (exact) mass is 235 g/mol. The number of hydrogen-bond acceptors (Lipinski definition) is 5. The molecule has 1 aromatic rings. The Balaban J connectivity index is 1.62. The quantitative estimate of drug-likeness (QED) is 0.625. The standard InChI is InChI=1S/C11H17N5O/c12-10-11(15-7-6-13-10)14-5-1-2-9(17)16-8-3-4-8/h6-8H,1-5H2,(H2,12,13)(H,14,15)(H,16,17). The SMILES string of the molecule is Nc1nccnc1NCCCC(=O)NC1CC1. The van der Waals surface area contributed by atoms with E-state index in [0.717, 1.165) is 19.3 Å². The number of nitrogen functional groups attached to an aromatic ring is 1. The molecule has 1 fully saturated rings. The van der Waals surface area contributed by atoms with Crippen molar-refractivity contribution in [3.8, 4) is 0 Å². The van der Waals surface area contributed by atoms with Crippen molar-refractivity contribution in [2.75, 3.05) is 17.6 Å². The number of rotatable bonds is 6. The van der Waals surface area contributed by atoms with E-state index >= 15 is 0 Å². The van der Waals surface area contributed by atoms with Crippen LogP contribution in [0.1, 0.15) is 25.7 Å². The highest BCUT2D eigenvalue weighted by Crippen LogP contribution is 2.18. The summed E-state index contributed by atoms with van der Waals surface area (Å²) in [4.78, 5) is 19.3. The summed E-state index contributed by atoms with van der Waals surface area (Å²) < 4.78 is 0. The fraction of sp³-hybridized carbons (Fsp3) is 0.545. The molecule has 0 spiro atoms. The minimum Gasteiger partial charge on any atom is -0.381 e. The van der Waals surface area contributed by atoms with Gasteiger partial charge in [0.1, 0.15) is 0 Å². The highest BCUT2D eigenvalue weighted by Gasteiger charge is 2.22. The Morgan fingerprint density at radius 2 is 2.18 bits per heavy atom. The van der Waals surface area contributed by atoms with Crippen LogP contribution in [0.3, 0.4) is 0 Å². The summed E-state index contributed by atoms with van der Waals surface area (Å²) in [5.74, 6) is 1.09. The second-order valence-corrected chi connectivity index (χ2v) is 4.16. The van der Waals surface area contributed by atoms with Crippen LogP contribution in [0.4, 0.5) is 11.6 Å². The molecule has 1 aliphatic rings. The lowest BCUT2D eigenvalue weighted by atomic mass is 10.3. The molecule has 0 aliphatic heterocycles. The van der Waals surface area contributed by atoms with Gasteiger partial charge in [-0.1, -0.05) is 0 Å². The van der Waals surface area contributed by atoms with E-state index < -0.39 is 0 Å². The van der Waals surface area contributed by atoms with Crippen molar-refractivity contribution in [3.63, 3.8) is 0 Å². The second-order valence-electron chi connectivity index (χ2n) is 4.16. The summed E-state index contributed by atoms with van der Waals surface area (Å²) in [5, 5.41) is 6.00. The Kier molecular flexibility index (Phi) is 3.74. The number of anilines is 2. The van der Waals surface area contributed by atoms with Crippen molar-refractivity contribution in [1.82, 2.24) is 15.3 Å². The Labute approximate surface area is 100 Å². The van der Waals surface area contributed by atoms with Gasteiger partial charge in [-0.3, -0.25) is 4.79 Å². The highest BCUT2D eigenvalue weighted by molar-refractivity contribution is 5.76. The summed E-state index contributed by atoms with van der Waals surface area (Å²) in [7, 11) is 0. The molecule has 6 heteroatoms. The lowest BCUT2D eigenvalue weighted by Gasteiger charge is -2.07. The summed E-state index contributed by atoms with van der Waals surface area (Å²) >= 11 is 0. The molecular formula is C11H17N5O. The molecule has 0 saturated heterocycles. The normalized spacial score (nSPS) is 14.4. The average molecular weight is 235 g/mol. The lowest BCUT2D eigenvalue weighted by molar-refractivity contribution is -0.121. The zero-order valence-electron chi connectivity index (χ0n) is 9.65. The molecule has 17 heavy (non-hydrogen) atoms. The van der Waals surface area contributed by atoms with Crippen molar-refractivity contribution in [3.05, 3.63) is 12.4 Å². The summed E-state index contributed by atoms with van der Waals surface area (Å²) in [6.45, 7) is 0.668. The van der Waals surface area contributed by atoms with Crippen molar-refractivity contribution >= 4 is 17.5 Å². The first-order valence-electron chi connectivity index (χ1n) is 5.85. The third-order valence-electron chi connectivity index (χ3n) is 2.54. The minimum absolute atomic E-state index is 0.126. The maximum Gasteiger partial charge on any atom is 0.220 e. The van der Waals surface area contributed by atoms with Crippen molar-refractivity contribution in [1.29, 1.82) is 0 Å². The predicted molar refractivity (Wildman–Crippen MR) is 65.3 cm³/mol. The third kappa shape index (κ3) is 3.90. The highest BCUT2D eigenvalue weighted by atomic mass is 16.1.